The van der Waals surface area contributed by atoms with Gasteiger partial charge in [0.15, 0.2) is 5.69 Å². The van der Waals surface area contributed by atoms with Gasteiger partial charge in [0.2, 0.25) is 0 Å². The smallest absolute Gasteiger partial charge is 0.354 e. The van der Waals surface area contributed by atoms with Crippen molar-refractivity contribution in [2.75, 3.05) is 4.72 Å². The number of benzene rings is 1. The Morgan fingerprint density at radius 1 is 1.18 bits per heavy atom. The standard InChI is InChI=1S/C12H9N3O6S/c16-12(17)10-2-1-3-11(13-10)14-22(20,21)9-6-4-8(5-7-9)15(18)19/h1-7H,(H,13,14)(H,16,17). The van der Waals surface area contributed by atoms with E-state index in [0.29, 0.717) is 0 Å². The summed E-state index contributed by atoms with van der Waals surface area (Å²) in [6.45, 7) is 0. The minimum absolute atomic E-state index is 0.168. The number of nitrogens with one attached hydrogen (secondary N) is 1. The zero-order chi connectivity index (χ0) is 16.3. The van der Waals surface area contributed by atoms with E-state index in [-0.39, 0.29) is 22.1 Å². The highest BCUT2D eigenvalue weighted by molar-refractivity contribution is 7.92. The molecule has 0 fully saturated rings. The number of hydrogen-bond acceptors (Lipinski definition) is 6. The van der Waals surface area contributed by atoms with E-state index in [4.69, 9.17) is 5.11 Å². The van der Waals surface area contributed by atoms with E-state index in [9.17, 15) is 23.3 Å². The molecule has 0 amide bonds. The lowest BCUT2D eigenvalue weighted by Crippen LogP contribution is -2.15. The second-order valence-electron chi connectivity index (χ2n) is 4.07. The highest BCUT2D eigenvalue weighted by atomic mass is 32.2. The van der Waals surface area contributed by atoms with Crippen molar-refractivity contribution in [3.63, 3.8) is 0 Å². The minimum Gasteiger partial charge on any atom is -0.477 e. The fraction of sp³-hybridized carbons (Fsp3) is 0. The Hall–Kier alpha value is -3.01. The topological polar surface area (TPSA) is 140 Å². The largest absolute Gasteiger partial charge is 0.477 e. The van der Waals surface area contributed by atoms with Crippen LogP contribution in [0.25, 0.3) is 0 Å². The molecule has 0 saturated carbocycles. The normalized spacial score (nSPS) is 10.9. The predicted molar refractivity (Wildman–Crippen MR) is 75.1 cm³/mol. The van der Waals surface area contributed by atoms with Crippen LogP contribution in [0.5, 0.6) is 0 Å². The molecule has 0 aliphatic heterocycles. The third-order valence-corrected chi connectivity index (χ3v) is 3.94. The van der Waals surface area contributed by atoms with E-state index < -0.39 is 20.9 Å². The Labute approximate surface area is 124 Å². The molecule has 0 aliphatic carbocycles. The van der Waals surface area contributed by atoms with Gasteiger partial charge in [-0.15, -0.1) is 0 Å². The molecule has 0 radical (unpaired) electrons. The molecule has 22 heavy (non-hydrogen) atoms. The summed E-state index contributed by atoms with van der Waals surface area (Å²) < 4.78 is 26.3. The summed E-state index contributed by atoms with van der Waals surface area (Å²) in [4.78, 5) is 24.1. The van der Waals surface area contributed by atoms with Crippen molar-refractivity contribution in [3.8, 4) is 0 Å². The lowest BCUT2D eigenvalue weighted by atomic mass is 10.3. The summed E-state index contributed by atoms with van der Waals surface area (Å²) in [6, 6.07) is 8.08. The average Bonchev–Trinajstić information content (AvgIpc) is 2.47. The molecule has 114 valence electrons. The maximum Gasteiger partial charge on any atom is 0.354 e. The minimum atomic E-state index is -4.03. The molecule has 0 unspecified atom stereocenters. The maximum absolute atomic E-state index is 12.1. The molecule has 1 heterocycles. The Balaban J connectivity index is 2.29. The molecule has 9 nitrogen and oxygen atoms in total. The highest BCUT2D eigenvalue weighted by Gasteiger charge is 2.17. The number of aromatic nitrogens is 1. The SMILES string of the molecule is O=C(O)c1cccc(NS(=O)(=O)c2ccc([N+](=O)[O-])cc2)n1. The summed E-state index contributed by atoms with van der Waals surface area (Å²) in [6.07, 6.45) is 0. The number of rotatable bonds is 5. The van der Waals surface area contributed by atoms with Crippen molar-refractivity contribution in [3.05, 3.63) is 58.3 Å². The number of nitro benzene ring substituents is 1. The first kappa shape index (κ1) is 15.4. The molecule has 0 saturated heterocycles. The molecule has 0 spiro atoms. The zero-order valence-electron chi connectivity index (χ0n) is 10.8. The number of sulfonamides is 1. The fourth-order valence-corrected chi connectivity index (χ4v) is 2.56. The predicted octanol–water partition coefficient (Wildman–Crippen LogP) is 1.49. The van der Waals surface area contributed by atoms with E-state index in [1.165, 1.54) is 18.2 Å². The summed E-state index contributed by atoms with van der Waals surface area (Å²) in [5, 5.41) is 19.3. The van der Waals surface area contributed by atoms with Crippen molar-refractivity contribution in [2.45, 2.75) is 4.90 Å². The van der Waals surface area contributed by atoms with Gasteiger partial charge in [-0.05, 0) is 24.3 Å². The van der Waals surface area contributed by atoms with Crippen molar-refractivity contribution >= 4 is 27.5 Å². The average molecular weight is 323 g/mol. The van der Waals surface area contributed by atoms with Gasteiger partial charge in [-0.1, -0.05) is 6.07 Å². The molecule has 1 aromatic carbocycles. The second-order valence-corrected chi connectivity index (χ2v) is 5.75. The van der Waals surface area contributed by atoms with Gasteiger partial charge in [0.25, 0.3) is 15.7 Å². The van der Waals surface area contributed by atoms with Crippen molar-refractivity contribution in [2.24, 2.45) is 0 Å². The van der Waals surface area contributed by atoms with E-state index in [1.54, 1.807) is 0 Å². The highest BCUT2D eigenvalue weighted by Crippen LogP contribution is 2.18. The lowest BCUT2D eigenvalue weighted by Gasteiger charge is -2.07. The van der Waals surface area contributed by atoms with Gasteiger partial charge in [-0.2, -0.15) is 0 Å². The van der Waals surface area contributed by atoms with Crippen LogP contribution in [0.3, 0.4) is 0 Å². The number of non-ortho nitro benzene ring substituents is 1. The Morgan fingerprint density at radius 3 is 2.36 bits per heavy atom. The number of aromatic carboxylic acids is 1. The number of nitro groups is 1. The van der Waals surface area contributed by atoms with Gasteiger partial charge in [0.05, 0.1) is 9.82 Å². The quantitative estimate of drug-likeness (QED) is 0.627. The number of pyridine rings is 1. The second kappa shape index (κ2) is 5.77. The van der Waals surface area contributed by atoms with Crippen LogP contribution in [0.2, 0.25) is 0 Å². The summed E-state index contributed by atoms with van der Waals surface area (Å²) in [5.74, 6) is -1.46. The maximum atomic E-state index is 12.1. The first-order valence-electron chi connectivity index (χ1n) is 5.77. The third kappa shape index (κ3) is 3.35. The molecular formula is C12H9N3O6S. The van der Waals surface area contributed by atoms with Gasteiger partial charge in [-0.3, -0.25) is 14.8 Å². The van der Waals surface area contributed by atoms with Crippen LogP contribution in [-0.2, 0) is 10.0 Å². The number of carboxylic acids is 1. The van der Waals surface area contributed by atoms with Gasteiger partial charge in [0.1, 0.15) is 5.82 Å². The first-order chi connectivity index (χ1) is 10.3. The fourth-order valence-electron chi connectivity index (χ4n) is 1.55. The van der Waals surface area contributed by atoms with Crippen LogP contribution < -0.4 is 4.72 Å². The Kier molecular flexibility index (Phi) is 4.04. The van der Waals surface area contributed by atoms with Gasteiger partial charge in [-0.25, -0.2) is 18.2 Å². The number of anilines is 1. The molecule has 2 aromatic rings. The molecule has 10 heteroatoms. The van der Waals surface area contributed by atoms with Crippen LogP contribution >= 0.6 is 0 Å². The first-order valence-corrected chi connectivity index (χ1v) is 7.25. The number of nitrogens with zero attached hydrogens (tertiary/aromatic N) is 2. The van der Waals surface area contributed by atoms with Gasteiger partial charge < -0.3 is 5.11 Å². The molecule has 1 aromatic heterocycles. The molecule has 2 N–H and O–H groups in total. The number of carboxylic acid groups (broad SMARTS) is 1. The van der Waals surface area contributed by atoms with Crippen LogP contribution in [-0.4, -0.2) is 29.4 Å². The van der Waals surface area contributed by atoms with Crippen molar-refractivity contribution < 1.29 is 23.2 Å². The van der Waals surface area contributed by atoms with Crippen molar-refractivity contribution in [1.82, 2.24) is 4.98 Å². The Morgan fingerprint density at radius 2 is 1.82 bits per heavy atom. The van der Waals surface area contributed by atoms with Crippen molar-refractivity contribution in [1.29, 1.82) is 0 Å². The summed E-state index contributed by atoms with van der Waals surface area (Å²) >= 11 is 0. The zero-order valence-corrected chi connectivity index (χ0v) is 11.6. The monoisotopic (exact) mass is 323 g/mol. The van der Waals surface area contributed by atoms with E-state index in [2.05, 4.69) is 9.71 Å². The van der Waals surface area contributed by atoms with Gasteiger partial charge >= 0.3 is 5.97 Å². The summed E-state index contributed by atoms with van der Waals surface area (Å²) in [7, 11) is -4.03. The third-order valence-electron chi connectivity index (χ3n) is 2.56. The van der Waals surface area contributed by atoms with E-state index in [0.717, 1.165) is 24.3 Å². The van der Waals surface area contributed by atoms with Crippen LogP contribution in [0.4, 0.5) is 11.5 Å². The van der Waals surface area contributed by atoms with Crippen LogP contribution in [0.1, 0.15) is 10.5 Å². The lowest BCUT2D eigenvalue weighted by molar-refractivity contribution is -0.384. The molecule has 0 aliphatic rings. The number of hydrogen-bond donors (Lipinski definition) is 2. The molecule has 0 atom stereocenters. The molecule has 0 bridgehead atoms. The van der Waals surface area contributed by atoms with E-state index in [1.807, 2.05) is 0 Å². The number of carbonyl (C=O) groups is 1. The van der Waals surface area contributed by atoms with Crippen LogP contribution in [0.15, 0.2) is 47.4 Å². The molecular weight excluding hydrogens is 314 g/mol. The Bertz CT molecular complexity index is 832. The van der Waals surface area contributed by atoms with E-state index >= 15 is 0 Å². The summed E-state index contributed by atoms with van der Waals surface area (Å²) in [5.41, 5.74) is -0.561. The molecule has 2 rings (SSSR count). The van der Waals surface area contributed by atoms with Crippen LogP contribution in [0, 0.1) is 10.1 Å². The van der Waals surface area contributed by atoms with Gasteiger partial charge in [0, 0.05) is 12.1 Å².